The lowest BCUT2D eigenvalue weighted by Crippen LogP contribution is -2.54. The van der Waals surface area contributed by atoms with E-state index in [0.717, 1.165) is 28.7 Å². The number of aromatic nitrogens is 3. The van der Waals surface area contributed by atoms with Gasteiger partial charge in [-0.05, 0) is 37.4 Å². The molecule has 3 aromatic heterocycles. The second kappa shape index (κ2) is 6.76. The molecule has 0 saturated carbocycles. The molecule has 0 spiro atoms. The van der Waals surface area contributed by atoms with Gasteiger partial charge in [0.05, 0.1) is 17.4 Å². The molecule has 0 radical (unpaired) electrons. The minimum absolute atomic E-state index is 0.0247. The number of carbonyl (C=O) groups is 2. The molecule has 1 unspecified atom stereocenters. The Kier molecular flexibility index (Phi) is 4.30. The van der Waals surface area contributed by atoms with Gasteiger partial charge in [0.25, 0.3) is 0 Å². The number of rotatable bonds is 4. The van der Waals surface area contributed by atoms with E-state index in [1.807, 2.05) is 53.0 Å². The Balaban J connectivity index is 1.54. The Hall–Kier alpha value is -2.93. The fraction of sp³-hybridized carbons (Fsp3) is 0.316. The Labute approximate surface area is 151 Å². The van der Waals surface area contributed by atoms with Crippen LogP contribution in [0, 0.1) is 0 Å². The van der Waals surface area contributed by atoms with Gasteiger partial charge in [0.1, 0.15) is 18.5 Å². The molecule has 0 aliphatic carbocycles. The number of nitrogens with one attached hydrogen (secondary N) is 1. The van der Waals surface area contributed by atoms with Crippen molar-refractivity contribution in [3.05, 3.63) is 42.7 Å². The summed E-state index contributed by atoms with van der Waals surface area (Å²) in [5, 5.41) is 1.04. The van der Waals surface area contributed by atoms with Gasteiger partial charge in [-0.15, -0.1) is 0 Å². The zero-order valence-electron chi connectivity index (χ0n) is 14.6. The van der Waals surface area contributed by atoms with Crippen molar-refractivity contribution in [2.24, 2.45) is 0 Å². The highest BCUT2D eigenvalue weighted by Crippen LogP contribution is 2.23. The summed E-state index contributed by atoms with van der Waals surface area (Å²) in [6.45, 7) is 2.06. The smallest absolute Gasteiger partial charge is 0.242 e. The van der Waals surface area contributed by atoms with Gasteiger partial charge in [0.2, 0.25) is 5.91 Å². The van der Waals surface area contributed by atoms with E-state index in [4.69, 9.17) is 0 Å². The summed E-state index contributed by atoms with van der Waals surface area (Å²) in [6.07, 6.45) is 4.57. The predicted molar refractivity (Wildman–Crippen MR) is 98.6 cm³/mol. The average molecular weight is 351 g/mol. The Morgan fingerprint density at radius 2 is 2.23 bits per heavy atom. The Morgan fingerprint density at radius 1 is 1.35 bits per heavy atom. The molecule has 0 bridgehead atoms. The van der Waals surface area contributed by atoms with Crippen molar-refractivity contribution < 1.29 is 9.59 Å². The number of hydrogen-bond acceptors (Lipinski definition) is 4. The summed E-state index contributed by atoms with van der Waals surface area (Å²) in [5.41, 5.74) is 2.70. The largest absolute Gasteiger partial charge is 0.338 e. The normalized spacial score (nSPS) is 18.3. The van der Waals surface area contributed by atoms with Crippen LogP contribution in [-0.2, 0) is 16.1 Å². The molecule has 4 rings (SSSR count). The van der Waals surface area contributed by atoms with Crippen LogP contribution < -0.4 is 0 Å². The molecule has 1 atom stereocenters. The summed E-state index contributed by atoms with van der Waals surface area (Å²) in [7, 11) is 1.91. The molecule has 3 aromatic rings. The lowest BCUT2D eigenvalue weighted by Gasteiger charge is -2.36. The van der Waals surface area contributed by atoms with E-state index < -0.39 is 0 Å². The van der Waals surface area contributed by atoms with Gasteiger partial charge in [-0.3, -0.25) is 9.69 Å². The van der Waals surface area contributed by atoms with Crippen molar-refractivity contribution in [1.82, 2.24) is 24.3 Å². The van der Waals surface area contributed by atoms with Crippen LogP contribution in [0.2, 0.25) is 0 Å². The highest BCUT2D eigenvalue weighted by atomic mass is 16.2. The van der Waals surface area contributed by atoms with Crippen molar-refractivity contribution in [3.63, 3.8) is 0 Å². The van der Waals surface area contributed by atoms with E-state index >= 15 is 0 Å². The molecule has 1 N–H and O–H groups in total. The lowest BCUT2D eigenvalue weighted by molar-refractivity contribution is -0.135. The Bertz CT molecular complexity index is 911. The fourth-order valence-electron chi connectivity index (χ4n) is 3.41. The maximum atomic E-state index is 12.7. The van der Waals surface area contributed by atoms with Crippen LogP contribution in [0.5, 0.6) is 0 Å². The average Bonchev–Trinajstić information content (AvgIpc) is 3.28. The number of nitrogens with zero attached hydrogens (tertiary/aromatic N) is 4. The zero-order valence-corrected chi connectivity index (χ0v) is 14.6. The second-order valence-electron chi connectivity index (χ2n) is 6.67. The molecular formula is C19H21N5O2. The molecule has 4 heterocycles. The maximum Gasteiger partial charge on any atom is 0.242 e. The minimum Gasteiger partial charge on any atom is -0.338 e. The van der Waals surface area contributed by atoms with Crippen LogP contribution in [0.15, 0.2) is 42.7 Å². The SMILES string of the molecule is CN1CCN(C(=O)Cn2cccc2-c2cc3cccnc3[nH]2)CC1C=O. The molecule has 1 amide bonds. The molecule has 1 fully saturated rings. The van der Waals surface area contributed by atoms with Crippen molar-refractivity contribution in [2.75, 3.05) is 26.7 Å². The third-order valence-electron chi connectivity index (χ3n) is 5.01. The second-order valence-corrected chi connectivity index (χ2v) is 6.67. The molecule has 0 aromatic carbocycles. The van der Waals surface area contributed by atoms with Gasteiger partial charge < -0.3 is 19.2 Å². The lowest BCUT2D eigenvalue weighted by atomic mass is 10.2. The number of aromatic amines is 1. The van der Waals surface area contributed by atoms with Gasteiger partial charge >= 0.3 is 0 Å². The van der Waals surface area contributed by atoms with E-state index in [-0.39, 0.29) is 18.5 Å². The van der Waals surface area contributed by atoms with E-state index in [1.165, 1.54) is 0 Å². The van der Waals surface area contributed by atoms with Crippen LogP contribution in [-0.4, -0.2) is 69.3 Å². The quantitative estimate of drug-likeness (QED) is 0.721. The topological polar surface area (TPSA) is 74.2 Å². The predicted octanol–water partition coefficient (Wildman–Crippen LogP) is 1.37. The summed E-state index contributed by atoms with van der Waals surface area (Å²) in [4.78, 5) is 35.3. The highest BCUT2D eigenvalue weighted by Gasteiger charge is 2.27. The number of aldehydes is 1. The molecule has 1 aliphatic heterocycles. The summed E-state index contributed by atoms with van der Waals surface area (Å²) in [6, 6.07) is 9.63. The first-order valence-corrected chi connectivity index (χ1v) is 8.68. The fourth-order valence-corrected chi connectivity index (χ4v) is 3.41. The minimum atomic E-state index is -0.225. The molecule has 26 heavy (non-hydrogen) atoms. The van der Waals surface area contributed by atoms with Gasteiger partial charge in [-0.1, -0.05) is 0 Å². The van der Waals surface area contributed by atoms with Crippen molar-refractivity contribution >= 4 is 23.2 Å². The molecule has 7 heteroatoms. The van der Waals surface area contributed by atoms with Crippen molar-refractivity contribution in [1.29, 1.82) is 0 Å². The maximum absolute atomic E-state index is 12.7. The van der Waals surface area contributed by atoms with Gasteiger partial charge in [-0.25, -0.2) is 4.98 Å². The third-order valence-corrected chi connectivity index (χ3v) is 5.01. The summed E-state index contributed by atoms with van der Waals surface area (Å²) in [5.74, 6) is 0.0247. The van der Waals surface area contributed by atoms with Crippen LogP contribution in [0.25, 0.3) is 22.4 Å². The molecule has 7 nitrogen and oxygen atoms in total. The first-order valence-electron chi connectivity index (χ1n) is 8.68. The summed E-state index contributed by atoms with van der Waals surface area (Å²) < 4.78 is 1.93. The van der Waals surface area contributed by atoms with Crippen LogP contribution in [0.3, 0.4) is 0 Å². The number of hydrogen-bond donors (Lipinski definition) is 1. The van der Waals surface area contributed by atoms with E-state index in [1.54, 1.807) is 11.1 Å². The number of likely N-dealkylation sites (N-methyl/N-ethyl adjacent to an activating group) is 1. The standard InChI is InChI=1S/C19H21N5O2/c1-22-8-9-24(11-15(22)13-25)18(26)12-23-7-3-5-17(23)16-10-14-4-2-6-20-19(14)21-16/h2-7,10,13,15H,8-9,11-12H2,1H3,(H,20,21). The number of piperazine rings is 1. The molecule has 1 aliphatic rings. The van der Waals surface area contributed by atoms with Crippen molar-refractivity contribution in [2.45, 2.75) is 12.6 Å². The number of amides is 1. The van der Waals surface area contributed by atoms with Gasteiger partial charge in [0.15, 0.2) is 0 Å². The van der Waals surface area contributed by atoms with Crippen LogP contribution >= 0.6 is 0 Å². The van der Waals surface area contributed by atoms with E-state index in [2.05, 4.69) is 9.97 Å². The zero-order chi connectivity index (χ0) is 18.1. The monoisotopic (exact) mass is 351 g/mol. The Morgan fingerprint density at radius 3 is 3.04 bits per heavy atom. The first-order chi connectivity index (χ1) is 12.7. The molecule has 1 saturated heterocycles. The first kappa shape index (κ1) is 16.5. The van der Waals surface area contributed by atoms with E-state index in [0.29, 0.717) is 19.6 Å². The van der Waals surface area contributed by atoms with Crippen molar-refractivity contribution in [3.8, 4) is 11.4 Å². The third kappa shape index (κ3) is 3.01. The molecule has 134 valence electrons. The molecular weight excluding hydrogens is 330 g/mol. The van der Waals surface area contributed by atoms with Crippen LogP contribution in [0.4, 0.5) is 0 Å². The van der Waals surface area contributed by atoms with Gasteiger partial charge in [0, 0.05) is 37.4 Å². The number of fused-ring (bicyclic) bond motifs is 1. The van der Waals surface area contributed by atoms with Gasteiger partial charge in [-0.2, -0.15) is 0 Å². The van der Waals surface area contributed by atoms with Crippen LogP contribution in [0.1, 0.15) is 0 Å². The number of carbonyl (C=O) groups excluding carboxylic acids is 2. The number of H-pyrrole nitrogens is 1. The summed E-state index contributed by atoms with van der Waals surface area (Å²) >= 11 is 0. The number of pyridine rings is 1. The van der Waals surface area contributed by atoms with E-state index in [9.17, 15) is 9.59 Å². The highest BCUT2D eigenvalue weighted by molar-refractivity contribution is 5.83.